The van der Waals surface area contributed by atoms with Crippen molar-refractivity contribution in [2.24, 2.45) is 10.8 Å². The molecule has 0 aliphatic heterocycles. The van der Waals surface area contributed by atoms with Crippen LogP contribution in [0.1, 0.15) is 62.3 Å². The van der Waals surface area contributed by atoms with Crippen molar-refractivity contribution in [3.8, 4) is 50.9 Å². The van der Waals surface area contributed by atoms with Gasteiger partial charge in [-0.3, -0.25) is 4.57 Å². The molecule has 3 aromatic heterocycles. The Hall–Kier alpha value is -6.55. The Morgan fingerprint density at radius 2 is 1.38 bits per heavy atom. The monoisotopic (exact) mass is 1020 g/mol. The van der Waals surface area contributed by atoms with E-state index in [0.717, 1.165) is 56.0 Å². The van der Waals surface area contributed by atoms with Crippen molar-refractivity contribution in [2.45, 2.75) is 54.3 Å². The third kappa shape index (κ3) is 8.58. The maximum atomic E-state index is 9.10. The molecule has 0 aliphatic carbocycles. The van der Waals surface area contributed by atoms with Crippen LogP contribution in [-0.4, -0.2) is 14.1 Å². The SMILES string of the molecule is [2H]c1c([2H])c([2H])c(-c2cccc(-c3cccc(CC(C)(C)C)c3)c2-[n+]2[c-]n(-c3[c-]c(Oc4[c-]c5c(cc4)c4ccccc4n5-c4cc(C([2H])([2H])C(C)(C)C)ccn4)ccc3)c3ccccc32)c([2H])c1[2H].[Pt]. The molecule has 0 aliphatic rings. The molecule has 0 atom stereocenters. The maximum absolute atomic E-state index is 9.10. The predicted molar refractivity (Wildman–Crippen MR) is 257 cm³/mol. The number of ether oxygens (including phenoxy) is 1. The fraction of sp³-hybridized carbons (Fsp3) is 0.172. The van der Waals surface area contributed by atoms with Crippen molar-refractivity contribution in [2.75, 3.05) is 0 Å². The number of fused-ring (bicyclic) bond motifs is 4. The smallest absolute Gasteiger partial charge is 0.268 e. The van der Waals surface area contributed by atoms with Gasteiger partial charge in [0, 0.05) is 47.0 Å². The van der Waals surface area contributed by atoms with Gasteiger partial charge < -0.3 is 13.9 Å². The number of hydrogen-bond acceptors (Lipinski definition) is 2. The molecule has 0 N–H and O–H groups in total. The summed E-state index contributed by atoms with van der Waals surface area (Å²) >= 11 is 0. The normalized spacial score (nSPS) is 13.7. The number of pyridine rings is 1. The molecule has 0 saturated carbocycles. The van der Waals surface area contributed by atoms with Crippen molar-refractivity contribution in [3.05, 3.63) is 199 Å². The van der Waals surface area contributed by atoms with Crippen molar-refractivity contribution < 1.29 is 40.0 Å². The third-order valence-corrected chi connectivity index (χ3v) is 10.8. The van der Waals surface area contributed by atoms with Gasteiger partial charge in [0.25, 0.3) is 6.33 Å². The summed E-state index contributed by atoms with van der Waals surface area (Å²) in [5.41, 5.74) is 7.69. The minimum atomic E-state index is -1.63. The summed E-state index contributed by atoms with van der Waals surface area (Å²) in [6.07, 6.45) is 4.47. The van der Waals surface area contributed by atoms with Gasteiger partial charge in [0.15, 0.2) is 0 Å². The van der Waals surface area contributed by atoms with E-state index < -0.39 is 29.9 Å². The number of benzene rings is 7. The van der Waals surface area contributed by atoms with Crippen LogP contribution in [0.15, 0.2) is 170 Å². The molecule has 7 aromatic carbocycles. The fourth-order valence-corrected chi connectivity index (χ4v) is 8.44. The van der Waals surface area contributed by atoms with Gasteiger partial charge in [-0.1, -0.05) is 162 Å². The molecule has 10 rings (SSSR count). The van der Waals surface area contributed by atoms with E-state index >= 15 is 0 Å². The Bertz CT molecular complexity index is 3670. The first-order valence-corrected chi connectivity index (χ1v) is 21.2. The van der Waals surface area contributed by atoms with Gasteiger partial charge in [-0.2, -0.15) is 18.2 Å². The molecule has 10 aromatic rings. The molecule has 0 saturated heterocycles. The molecule has 5 nitrogen and oxygen atoms in total. The summed E-state index contributed by atoms with van der Waals surface area (Å²) < 4.78 is 74.3. The summed E-state index contributed by atoms with van der Waals surface area (Å²) in [7, 11) is 0. The van der Waals surface area contributed by atoms with Crippen LogP contribution in [0, 0.1) is 29.3 Å². The largest absolute Gasteiger partial charge is 0.510 e. The number of rotatable bonds is 9. The summed E-state index contributed by atoms with van der Waals surface area (Å²) in [6, 6.07) is 48.1. The second kappa shape index (κ2) is 17.2. The van der Waals surface area contributed by atoms with Gasteiger partial charge in [0.2, 0.25) is 0 Å². The molecule has 6 heteroatoms. The van der Waals surface area contributed by atoms with Crippen LogP contribution in [0.2, 0.25) is 0 Å². The molecule has 64 heavy (non-hydrogen) atoms. The van der Waals surface area contributed by atoms with Crippen LogP contribution >= 0.6 is 0 Å². The van der Waals surface area contributed by atoms with E-state index in [9.17, 15) is 0 Å². The first kappa shape index (κ1) is 34.9. The van der Waals surface area contributed by atoms with E-state index in [-0.39, 0.29) is 44.1 Å². The molecule has 0 bridgehead atoms. The van der Waals surface area contributed by atoms with Gasteiger partial charge in [-0.25, -0.2) is 4.98 Å². The maximum Gasteiger partial charge on any atom is 0.268 e. The Morgan fingerprint density at radius 1 is 0.656 bits per heavy atom. The average Bonchev–Trinajstić information content (AvgIpc) is 3.88. The van der Waals surface area contributed by atoms with Gasteiger partial charge >= 0.3 is 0 Å². The predicted octanol–water partition coefficient (Wildman–Crippen LogP) is 14.1. The van der Waals surface area contributed by atoms with Gasteiger partial charge in [0.05, 0.1) is 23.6 Å². The van der Waals surface area contributed by atoms with E-state index in [0.29, 0.717) is 39.8 Å². The van der Waals surface area contributed by atoms with Crippen LogP contribution in [0.25, 0.3) is 72.3 Å². The zero-order chi connectivity index (χ0) is 49.4. The minimum Gasteiger partial charge on any atom is -0.510 e. The second-order valence-electron chi connectivity index (χ2n) is 18.1. The topological polar surface area (TPSA) is 35.9 Å². The average molecular weight is 1020 g/mol. The van der Waals surface area contributed by atoms with Crippen molar-refractivity contribution >= 4 is 32.8 Å². The number of imidazole rings is 1. The zero-order valence-corrected chi connectivity index (χ0v) is 38.8. The zero-order valence-electron chi connectivity index (χ0n) is 43.5. The van der Waals surface area contributed by atoms with Crippen LogP contribution in [0.5, 0.6) is 11.5 Å². The van der Waals surface area contributed by atoms with Gasteiger partial charge in [0.1, 0.15) is 5.82 Å². The summed E-state index contributed by atoms with van der Waals surface area (Å²) in [5.74, 6) is 1.42. The molecule has 0 amide bonds. The molecule has 320 valence electrons. The molecule has 0 radical (unpaired) electrons. The number of hydrogen-bond donors (Lipinski definition) is 0. The summed E-state index contributed by atoms with van der Waals surface area (Å²) in [5, 5.41) is 1.94. The van der Waals surface area contributed by atoms with E-state index in [2.05, 4.69) is 57.4 Å². The van der Waals surface area contributed by atoms with Crippen molar-refractivity contribution in [3.63, 3.8) is 0 Å². The first-order valence-electron chi connectivity index (χ1n) is 24.7. The van der Waals surface area contributed by atoms with Crippen molar-refractivity contribution in [1.82, 2.24) is 14.1 Å². The minimum absolute atomic E-state index is 0. The van der Waals surface area contributed by atoms with Crippen LogP contribution in [0.4, 0.5) is 0 Å². The second-order valence-corrected chi connectivity index (χ2v) is 18.1. The number of aromatic nitrogens is 4. The fourth-order valence-electron chi connectivity index (χ4n) is 8.44. The summed E-state index contributed by atoms with van der Waals surface area (Å²) in [4.78, 5) is 4.74. The van der Waals surface area contributed by atoms with Gasteiger partial charge in [-0.05, 0) is 86.3 Å². The van der Waals surface area contributed by atoms with E-state index in [1.54, 1.807) is 12.3 Å². The van der Waals surface area contributed by atoms with Crippen LogP contribution in [-0.2, 0) is 33.9 Å². The Morgan fingerprint density at radius 3 is 2.17 bits per heavy atom. The van der Waals surface area contributed by atoms with E-state index in [4.69, 9.17) is 19.3 Å². The molecule has 3 heterocycles. The van der Waals surface area contributed by atoms with E-state index in [1.165, 1.54) is 0 Å². The Labute approximate surface area is 400 Å². The molecular weight excluding hydrogens is 964 g/mol. The molecule has 0 fully saturated rings. The van der Waals surface area contributed by atoms with Crippen LogP contribution < -0.4 is 9.30 Å². The molecular formula is C58H50N4OPt-2. The Kier molecular flexibility index (Phi) is 9.37. The molecule has 0 unspecified atom stereocenters. The standard InChI is InChI=1S/C58H50N4O.Pt/c1-57(2,3)37-40-17-14-20-43(33-40)48-25-16-24-47(42-18-8-7-9-19-42)56(48)61-39-60(52-27-12-13-28-53(52)61)44-21-15-22-45(35-44)63-46-29-30-50-49-23-10-11-26-51(49)62(54(50)36-46)55-34-41(31-32-59-55)38-58(4,5)6;/h7-34H,37-38H2,1-6H3;/q-2;/i7D,8D,9D,18D,19D,38D2;. The first-order chi connectivity index (χ1) is 33.3. The summed E-state index contributed by atoms with van der Waals surface area (Å²) in [6.45, 7) is 12.3. The number of para-hydroxylation sites is 4. The van der Waals surface area contributed by atoms with Crippen LogP contribution in [0.3, 0.4) is 0 Å². The van der Waals surface area contributed by atoms with E-state index in [1.807, 2.05) is 144 Å². The van der Waals surface area contributed by atoms with Gasteiger partial charge in [-0.15, -0.1) is 29.7 Å². The Balaban J connectivity index is 0.00000624. The third-order valence-electron chi connectivity index (χ3n) is 10.8. The molecule has 0 spiro atoms. The quantitative estimate of drug-likeness (QED) is 0.107. The van der Waals surface area contributed by atoms with Crippen molar-refractivity contribution in [1.29, 1.82) is 0 Å². The number of nitrogens with zero attached hydrogens (tertiary/aromatic N) is 4.